The molecule has 0 aliphatic rings. The molecule has 1 aromatic rings. The van der Waals surface area contributed by atoms with Gasteiger partial charge in [0.05, 0.1) is 6.42 Å². The van der Waals surface area contributed by atoms with E-state index < -0.39 is 12.6 Å². The Morgan fingerprint density at radius 1 is 1.39 bits per heavy atom. The Morgan fingerprint density at radius 2 is 2.00 bits per heavy atom. The van der Waals surface area contributed by atoms with Gasteiger partial charge in [0.2, 0.25) is 0 Å². The molecule has 0 aliphatic carbocycles. The molecule has 0 amide bonds. The Hall–Kier alpha value is -1.30. The van der Waals surface area contributed by atoms with Gasteiger partial charge in [0.15, 0.2) is 0 Å². The Morgan fingerprint density at radius 3 is 2.44 bits per heavy atom. The smallest absolute Gasteiger partial charge is 0.389 e. The first-order valence-corrected chi connectivity index (χ1v) is 5.80. The Bertz CT molecular complexity index is 443. The Kier molecular flexibility index (Phi) is 4.56. The fourth-order valence-corrected chi connectivity index (χ4v) is 1.81. The molecule has 0 saturated heterocycles. The quantitative estimate of drug-likeness (QED) is 0.857. The van der Waals surface area contributed by atoms with E-state index in [1.165, 1.54) is 0 Å². The minimum absolute atomic E-state index is 0.0740. The first-order chi connectivity index (χ1) is 8.20. The van der Waals surface area contributed by atoms with Crippen LogP contribution in [0.1, 0.15) is 17.5 Å². The largest absolute Gasteiger partial charge is 0.390 e. The van der Waals surface area contributed by atoms with Crippen LogP contribution in [0, 0.1) is 6.92 Å². The number of aryl methyl sites for hydroxylation is 1. The second-order valence-corrected chi connectivity index (χ2v) is 4.59. The van der Waals surface area contributed by atoms with Crippen molar-refractivity contribution < 1.29 is 13.2 Å². The van der Waals surface area contributed by atoms with Gasteiger partial charge in [-0.05, 0) is 30.7 Å². The van der Waals surface area contributed by atoms with E-state index in [4.69, 9.17) is 18.0 Å². The SMILES string of the molecule is Cc1cc(N(C)CCC(F)(F)F)ccc1C(N)=S. The van der Waals surface area contributed by atoms with Gasteiger partial charge >= 0.3 is 6.18 Å². The molecule has 0 heterocycles. The second kappa shape index (κ2) is 5.56. The summed E-state index contributed by atoms with van der Waals surface area (Å²) in [5.74, 6) is 0. The molecule has 2 nitrogen and oxygen atoms in total. The topological polar surface area (TPSA) is 29.3 Å². The van der Waals surface area contributed by atoms with Crippen LogP contribution in [0.5, 0.6) is 0 Å². The molecule has 0 spiro atoms. The van der Waals surface area contributed by atoms with Crippen LogP contribution in [0.25, 0.3) is 0 Å². The lowest BCUT2D eigenvalue weighted by atomic mass is 10.1. The van der Waals surface area contributed by atoms with E-state index >= 15 is 0 Å². The third-order valence-electron chi connectivity index (χ3n) is 2.65. The van der Waals surface area contributed by atoms with Crippen molar-refractivity contribution in [2.24, 2.45) is 5.73 Å². The van der Waals surface area contributed by atoms with Crippen LogP contribution < -0.4 is 10.6 Å². The highest BCUT2D eigenvalue weighted by Crippen LogP contribution is 2.23. The van der Waals surface area contributed by atoms with Gasteiger partial charge < -0.3 is 10.6 Å². The zero-order chi connectivity index (χ0) is 13.9. The van der Waals surface area contributed by atoms with Crippen LogP contribution in [0.3, 0.4) is 0 Å². The van der Waals surface area contributed by atoms with E-state index in [2.05, 4.69) is 0 Å². The maximum atomic E-state index is 12.1. The number of benzene rings is 1. The molecule has 0 aliphatic heterocycles. The van der Waals surface area contributed by atoms with Crippen LogP contribution in [0.15, 0.2) is 18.2 Å². The highest BCUT2D eigenvalue weighted by atomic mass is 32.1. The highest BCUT2D eigenvalue weighted by molar-refractivity contribution is 7.80. The van der Waals surface area contributed by atoms with E-state index in [1.807, 2.05) is 6.92 Å². The molecule has 0 unspecified atom stereocenters. The van der Waals surface area contributed by atoms with E-state index in [-0.39, 0.29) is 11.5 Å². The summed E-state index contributed by atoms with van der Waals surface area (Å²) in [4.78, 5) is 1.85. The van der Waals surface area contributed by atoms with Gasteiger partial charge in [0, 0.05) is 24.8 Å². The van der Waals surface area contributed by atoms with E-state index in [1.54, 1.807) is 30.1 Å². The first-order valence-electron chi connectivity index (χ1n) is 5.39. The molecule has 100 valence electrons. The molecule has 18 heavy (non-hydrogen) atoms. The molecular formula is C12H15F3N2S. The third kappa shape index (κ3) is 4.18. The van der Waals surface area contributed by atoms with Crippen LogP contribution >= 0.6 is 12.2 Å². The summed E-state index contributed by atoms with van der Waals surface area (Å²) in [7, 11) is 1.63. The molecule has 0 atom stereocenters. The van der Waals surface area contributed by atoms with Crippen LogP contribution in [0.2, 0.25) is 0 Å². The number of hydrogen-bond acceptors (Lipinski definition) is 2. The number of nitrogens with two attached hydrogens (primary N) is 1. The predicted octanol–water partition coefficient (Wildman–Crippen LogP) is 3.02. The molecule has 0 saturated carbocycles. The third-order valence-corrected chi connectivity index (χ3v) is 2.87. The molecule has 2 N–H and O–H groups in total. The highest BCUT2D eigenvalue weighted by Gasteiger charge is 2.27. The summed E-state index contributed by atoms with van der Waals surface area (Å²) in [6, 6.07) is 5.24. The lowest BCUT2D eigenvalue weighted by Gasteiger charge is -2.21. The van der Waals surface area contributed by atoms with Crippen molar-refractivity contribution in [3.05, 3.63) is 29.3 Å². The van der Waals surface area contributed by atoms with Gasteiger partial charge in [-0.1, -0.05) is 12.2 Å². The van der Waals surface area contributed by atoms with Gasteiger partial charge in [-0.15, -0.1) is 0 Å². The molecule has 1 aromatic carbocycles. The normalized spacial score (nSPS) is 11.4. The summed E-state index contributed by atoms with van der Waals surface area (Å²) in [5.41, 5.74) is 7.85. The molecule has 0 aromatic heterocycles. The Balaban J connectivity index is 2.78. The maximum absolute atomic E-state index is 12.1. The van der Waals surface area contributed by atoms with Crippen molar-refractivity contribution in [3.8, 4) is 0 Å². The number of hydrogen-bond donors (Lipinski definition) is 1. The fraction of sp³-hybridized carbons (Fsp3) is 0.417. The predicted molar refractivity (Wildman–Crippen MR) is 71.0 cm³/mol. The number of thiocarbonyl (C=S) groups is 1. The fourth-order valence-electron chi connectivity index (χ4n) is 1.59. The summed E-state index contributed by atoms with van der Waals surface area (Å²) < 4.78 is 36.4. The van der Waals surface area contributed by atoms with Crippen molar-refractivity contribution in [2.75, 3.05) is 18.5 Å². The van der Waals surface area contributed by atoms with E-state index in [0.29, 0.717) is 0 Å². The molecular weight excluding hydrogens is 261 g/mol. The zero-order valence-electron chi connectivity index (χ0n) is 10.2. The van der Waals surface area contributed by atoms with Crippen molar-refractivity contribution >= 4 is 22.9 Å². The minimum atomic E-state index is -4.14. The summed E-state index contributed by atoms with van der Waals surface area (Å²) in [6.45, 7) is 1.75. The van der Waals surface area contributed by atoms with Gasteiger partial charge in [-0.3, -0.25) is 0 Å². The van der Waals surface area contributed by atoms with Crippen molar-refractivity contribution in [2.45, 2.75) is 19.5 Å². The van der Waals surface area contributed by atoms with Crippen LogP contribution in [0.4, 0.5) is 18.9 Å². The molecule has 6 heteroatoms. The average Bonchev–Trinajstić information content (AvgIpc) is 2.24. The van der Waals surface area contributed by atoms with Crippen LogP contribution in [-0.2, 0) is 0 Å². The molecule has 1 rings (SSSR count). The second-order valence-electron chi connectivity index (χ2n) is 4.15. The van der Waals surface area contributed by atoms with Gasteiger partial charge in [-0.2, -0.15) is 13.2 Å². The maximum Gasteiger partial charge on any atom is 0.390 e. The lowest BCUT2D eigenvalue weighted by molar-refractivity contribution is -0.132. The van der Waals surface area contributed by atoms with Gasteiger partial charge in [-0.25, -0.2) is 0 Å². The summed E-state index contributed by atoms with van der Waals surface area (Å²) in [5, 5.41) is 0. The number of alkyl halides is 3. The zero-order valence-corrected chi connectivity index (χ0v) is 11.0. The number of rotatable bonds is 4. The summed E-state index contributed by atoms with van der Waals surface area (Å²) in [6.07, 6.45) is -4.97. The van der Waals surface area contributed by atoms with Gasteiger partial charge in [0.25, 0.3) is 0 Å². The number of anilines is 1. The lowest BCUT2D eigenvalue weighted by Crippen LogP contribution is -2.24. The van der Waals surface area contributed by atoms with Crippen LogP contribution in [-0.4, -0.2) is 24.8 Å². The van der Waals surface area contributed by atoms with Crippen molar-refractivity contribution in [1.29, 1.82) is 0 Å². The number of nitrogens with zero attached hydrogens (tertiary/aromatic N) is 1. The molecule has 0 radical (unpaired) electrons. The van der Waals surface area contributed by atoms with Gasteiger partial charge in [0.1, 0.15) is 4.99 Å². The average molecular weight is 276 g/mol. The number of halogens is 3. The Labute approximate surface area is 110 Å². The monoisotopic (exact) mass is 276 g/mol. The first kappa shape index (κ1) is 14.8. The van der Waals surface area contributed by atoms with E-state index in [0.717, 1.165) is 16.8 Å². The molecule has 0 bridgehead atoms. The van der Waals surface area contributed by atoms with E-state index in [9.17, 15) is 13.2 Å². The molecule has 0 fully saturated rings. The minimum Gasteiger partial charge on any atom is -0.389 e. The van der Waals surface area contributed by atoms with Crippen molar-refractivity contribution in [1.82, 2.24) is 0 Å². The standard InChI is InChI=1S/C12H15F3N2S/c1-8-7-9(3-4-10(8)11(16)18)17(2)6-5-12(13,14)15/h3-4,7H,5-6H2,1-2H3,(H2,16,18). The summed E-state index contributed by atoms with van der Waals surface area (Å²) >= 11 is 4.87. The van der Waals surface area contributed by atoms with Crippen molar-refractivity contribution in [3.63, 3.8) is 0 Å².